The number of pyridine rings is 1. The second-order valence-electron chi connectivity index (χ2n) is 6.84. The Morgan fingerprint density at radius 3 is 2.85 bits per heavy atom. The maximum Gasteiger partial charge on any atom is 0.250 e. The zero-order chi connectivity index (χ0) is 18.6. The Morgan fingerprint density at radius 1 is 1.27 bits per heavy atom. The van der Waals surface area contributed by atoms with E-state index < -0.39 is 5.60 Å². The maximum atomic E-state index is 12.7. The van der Waals surface area contributed by atoms with Gasteiger partial charge in [0.2, 0.25) is 5.91 Å². The van der Waals surface area contributed by atoms with E-state index in [0.29, 0.717) is 26.1 Å². The molecule has 138 valence electrons. The Kier molecular flexibility index (Phi) is 5.54. The number of ether oxygens (including phenoxy) is 1. The van der Waals surface area contributed by atoms with Crippen molar-refractivity contribution in [3.63, 3.8) is 0 Å². The van der Waals surface area contributed by atoms with Crippen molar-refractivity contribution < 1.29 is 14.6 Å². The monoisotopic (exact) mass is 356 g/mol. The standard InChI is InChI=1S/C20H24N2O4/c1-16-5-4-6-17(11-16)12-20(15-23)14-22(9-10-26-20)19(25)13-21-8-3-2-7-18(21)24/h2-8,11,23H,9-10,12-15H2,1H3/t20-/m0/s1. The largest absolute Gasteiger partial charge is 0.393 e. The van der Waals surface area contributed by atoms with Crippen molar-refractivity contribution in [1.29, 1.82) is 0 Å². The van der Waals surface area contributed by atoms with Crippen LogP contribution in [0.15, 0.2) is 53.5 Å². The topological polar surface area (TPSA) is 71.8 Å². The van der Waals surface area contributed by atoms with Gasteiger partial charge in [-0.3, -0.25) is 9.59 Å². The van der Waals surface area contributed by atoms with Crippen molar-refractivity contribution in [2.24, 2.45) is 0 Å². The van der Waals surface area contributed by atoms with Crippen molar-refractivity contribution in [2.45, 2.75) is 25.5 Å². The molecule has 26 heavy (non-hydrogen) atoms. The van der Waals surface area contributed by atoms with Gasteiger partial charge in [-0.15, -0.1) is 0 Å². The fourth-order valence-corrected chi connectivity index (χ4v) is 3.35. The summed E-state index contributed by atoms with van der Waals surface area (Å²) in [6.07, 6.45) is 2.13. The molecule has 1 aromatic carbocycles. The molecule has 0 spiro atoms. The van der Waals surface area contributed by atoms with E-state index in [4.69, 9.17) is 4.74 Å². The van der Waals surface area contributed by atoms with Gasteiger partial charge < -0.3 is 19.3 Å². The molecule has 1 aliphatic heterocycles. The molecule has 6 nitrogen and oxygen atoms in total. The van der Waals surface area contributed by atoms with Crippen molar-refractivity contribution in [2.75, 3.05) is 26.3 Å². The fraction of sp³-hybridized carbons (Fsp3) is 0.400. The first-order chi connectivity index (χ1) is 12.5. The van der Waals surface area contributed by atoms with Crippen LogP contribution in [0.25, 0.3) is 0 Å². The Morgan fingerprint density at radius 2 is 2.12 bits per heavy atom. The number of aliphatic hydroxyl groups is 1. The summed E-state index contributed by atoms with van der Waals surface area (Å²) in [4.78, 5) is 26.2. The summed E-state index contributed by atoms with van der Waals surface area (Å²) >= 11 is 0. The molecule has 0 saturated carbocycles. The van der Waals surface area contributed by atoms with Crippen LogP contribution in [0.1, 0.15) is 11.1 Å². The number of amides is 1. The molecule has 2 heterocycles. The average molecular weight is 356 g/mol. The second-order valence-corrected chi connectivity index (χ2v) is 6.84. The highest BCUT2D eigenvalue weighted by Gasteiger charge is 2.38. The molecule has 0 aliphatic carbocycles. The molecule has 1 saturated heterocycles. The number of nitrogens with zero attached hydrogens (tertiary/aromatic N) is 2. The van der Waals surface area contributed by atoms with Gasteiger partial charge >= 0.3 is 0 Å². The van der Waals surface area contributed by atoms with Gasteiger partial charge in [0.15, 0.2) is 0 Å². The summed E-state index contributed by atoms with van der Waals surface area (Å²) in [7, 11) is 0. The summed E-state index contributed by atoms with van der Waals surface area (Å²) in [5.74, 6) is -0.149. The predicted octanol–water partition coefficient (Wildman–Crippen LogP) is 0.989. The van der Waals surface area contributed by atoms with Gasteiger partial charge in [0.25, 0.3) is 5.56 Å². The number of carbonyl (C=O) groups excluding carboxylic acids is 1. The van der Waals surface area contributed by atoms with Gasteiger partial charge in [0.1, 0.15) is 12.1 Å². The maximum absolute atomic E-state index is 12.7. The average Bonchev–Trinajstić information content (AvgIpc) is 2.64. The lowest BCUT2D eigenvalue weighted by Crippen LogP contribution is -2.57. The second kappa shape index (κ2) is 7.85. The van der Waals surface area contributed by atoms with E-state index in [2.05, 4.69) is 6.07 Å². The number of hydrogen-bond acceptors (Lipinski definition) is 4. The number of morpholine rings is 1. The zero-order valence-corrected chi connectivity index (χ0v) is 14.9. The minimum Gasteiger partial charge on any atom is -0.393 e. The Balaban J connectivity index is 1.73. The first kappa shape index (κ1) is 18.4. The van der Waals surface area contributed by atoms with Crippen molar-refractivity contribution >= 4 is 5.91 Å². The quantitative estimate of drug-likeness (QED) is 0.867. The lowest BCUT2D eigenvalue weighted by atomic mass is 9.92. The van der Waals surface area contributed by atoms with Crippen molar-refractivity contribution in [3.8, 4) is 0 Å². The van der Waals surface area contributed by atoms with Gasteiger partial charge in [0.05, 0.1) is 19.8 Å². The smallest absolute Gasteiger partial charge is 0.250 e. The number of carbonyl (C=O) groups is 1. The van der Waals surface area contributed by atoms with Crippen LogP contribution >= 0.6 is 0 Å². The third-order valence-electron chi connectivity index (χ3n) is 4.70. The van der Waals surface area contributed by atoms with Gasteiger partial charge in [-0.05, 0) is 18.6 Å². The van der Waals surface area contributed by atoms with Crippen LogP contribution in [0, 0.1) is 6.92 Å². The third-order valence-corrected chi connectivity index (χ3v) is 4.70. The molecule has 1 N–H and O–H groups in total. The van der Waals surface area contributed by atoms with Crippen LogP contribution in [0.3, 0.4) is 0 Å². The number of rotatable bonds is 5. The molecule has 0 radical (unpaired) electrons. The molecule has 6 heteroatoms. The van der Waals surface area contributed by atoms with E-state index >= 15 is 0 Å². The lowest BCUT2D eigenvalue weighted by Gasteiger charge is -2.42. The first-order valence-electron chi connectivity index (χ1n) is 8.75. The molecule has 1 aliphatic rings. The van der Waals surface area contributed by atoms with Gasteiger partial charge in [-0.2, -0.15) is 0 Å². The van der Waals surface area contributed by atoms with Crippen LogP contribution in [-0.4, -0.2) is 52.4 Å². The highest BCUT2D eigenvalue weighted by atomic mass is 16.5. The SMILES string of the molecule is Cc1cccc(C[C@@]2(CO)CN(C(=O)Cn3ccccc3=O)CCO2)c1. The van der Waals surface area contributed by atoms with Crippen LogP contribution in [0.4, 0.5) is 0 Å². The summed E-state index contributed by atoms with van der Waals surface area (Å²) < 4.78 is 7.29. The van der Waals surface area contributed by atoms with E-state index in [1.54, 1.807) is 23.2 Å². The van der Waals surface area contributed by atoms with E-state index in [-0.39, 0.29) is 24.6 Å². The Labute approximate surface area is 152 Å². The van der Waals surface area contributed by atoms with E-state index in [1.165, 1.54) is 10.6 Å². The minimum absolute atomic E-state index is 0.00831. The van der Waals surface area contributed by atoms with E-state index in [1.807, 2.05) is 25.1 Å². The zero-order valence-electron chi connectivity index (χ0n) is 14.9. The highest BCUT2D eigenvalue weighted by molar-refractivity contribution is 5.76. The summed E-state index contributed by atoms with van der Waals surface area (Å²) in [5, 5.41) is 9.99. The van der Waals surface area contributed by atoms with Crippen molar-refractivity contribution in [3.05, 3.63) is 70.1 Å². The number of aromatic nitrogens is 1. The Hall–Kier alpha value is -2.44. The molecular formula is C20H24N2O4. The normalized spacial score (nSPS) is 20.2. The lowest BCUT2D eigenvalue weighted by molar-refractivity contribution is -0.158. The van der Waals surface area contributed by atoms with Crippen LogP contribution in [-0.2, 0) is 22.5 Å². The van der Waals surface area contributed by atoms with Crippen LogP contribution < -0.4 is 5.56 Å². The number of hydrogen-bond donors (Lipinski definition) is 1. The molecule has 1 amide bonds. The molecule has 3 rings (SSSR count). The summed E-state index contributed by atoms with van der Waals surface area (Å²) in [5.41, 5.74) is 1.18. The number of benzene rings is 1. The summed E-state index contributed by atoms with van der Waals surface area (Å²) in [6.45, 7) is 2.96. The number of aryl methyl sites for hydroxylation is 1. The van der Waals surface area contributed by atoms with Crippen molar-refractivity contribution in [1.82, 2.24) is 9.47 Å². The third kappa shape index (κ3) is 4.20. The van der Waals surface area contributed by atoms with E-state index in [0.717, 1.165) is 11.1 Å². The molecule has 1 fully saturated rings. The molecule has 1 aromatic heterocycles. The van der Waals surface area contributed by atoms with Crippen LogP contribution in [0.2, 0.25) is 0 Å². The summed E-state index contributed by atoms with van der Waals surface area (Å²) in [6, 6.07) is 12.9. The molecule has 0 unspecified atom stereocenters. The van der Waals surface area contributed by atoms with Gasteiger partial charge in [-0.25, -0.2) is 0 Å². The van der Waals surface area contributed by atoms with Crippen LogP contribution in [0.5, 0.6) is 0 Å². The Bertz CT molecular complexity index is 832. The molecule has 1 atom stereocenters. The van der Waals surface area contributed by atoms with Gasteiger partial charge in [-0.1, -0.05) is 35.9 Å². The van der Waals surface area contributed by atoms with Gasteiger partial charge in [0, 0.05) is 25.2 Å². The predicted molar refractivity (Wildman–Crippen MR) is 97.9 cm³/mol. The fourth-order valence-electron chi connectivity index (χ4n) is 3.35. The number of aliphatic hydroxyl groups excluding tert-OH is 1. The molecular weight excluding hydrogens is 332 g/mol. The first-order valence-corrected chi connectivity index (χ1v) is 8.75. The minimum atomic E-state index is -0.816. The molecule has 2 aromatic rings. The highest BCUT2D eigenvalue weighted by Crippen LogP contribution is 2.23. The van der Waals surface area contributed by atoms with E-state index in [9.17, 15) is 14.7 Å². The molecule has 0 bridgehead atoms.